The highest BCUT2D eigenvalue weighted by Gasteiger charge is 2.66. The predicted octanol–water partition coefficient (Wildman–Crippen LogP) is 5.74. The van der Waals surface area contributed by atoms with Crippen molar-refractivity contribution in [1.82, 2.24) is 9.29 Å². The van der Waals surface area contributed by atoms with Gasteiger partial charge in [0.15, 0.2) is 0 Å². The van der Waals surface area contributed by atoms with Crippen molar-refractivity contribution >= 4 is 20.8 Å². The van der Waals surface area contributed by atoms with E-state index in [0.717, 1.165) is 38.5 Å². The molecular formula is C30H36N2O3S. The zero-order chi connectivity index (χ0) is 24.9. The number of ether oxygens (including phenoxy) is 1. The van der Waals surface area contributed by atoms with Crippen LogP contribution in [0.3, 0.4) is 0 Å². The minimum absolute atomic E-state index is 0.00957. The van der Waals surface area contributed by atoms with Crippen molar-refractivity contribution in [1.29, 1.82) is 0 Å². The van der Waals surface area contributed by atoms with Gasteiger partial charge in [0.1, 0.15) is 0 Å². The second-order valence-electron chi connectivity index (χ2n) is 12.4. The molecule has 0 radical (unpaired) electrons. The fraction of sp³-hybridized carbons (Fsp3) is 0.567. The van der Waals surface area contributed by atoms with E-state index in [-0.39, 0.29) is 22.7 Å². The van der Waals surface area contributed by atoms with Crippen LogP contribution in [0.1, 0.15) is 69.8 Å². The summed E-state index contributed by atoms with van der Waals surface area (Å²) < 4.78 is 33.6. The maximum absolute atomic E-state index is 12.3. The van der Waals surface area contributed by atoms with Crippen LogP contribution in [-0.2, 0) is 14.8 Å². The average molecular weight is 505 g/mol. The molecule has 3 heterocycles. The van der Waals surface area contributed by atoms with Gasteiger partial charge in [-0.15, -0.1) is 0 Å². The smallest absolute Gasteiger partial charge is 0.211 e. The molecule has 190 valence electrons. The van der Waals surface area contributed by atoms with Crippen molar-refractivity contribution in [3.05, 3.63) is 65.5 Å². The van der Waals surface area contributed by atoms with Crippen LogP contribution in [-0.4, -0.2) is 48.3 Å². The second kappa shape index (κ2) is 7.52. The van der Waals surface area contributed by atoms with Crippen LogP contribution < -0.4 is 0 Å². The molecule has 0 amide bonds. The highest BCUT2D eigenvalue weighted by atomic mass is 32.2. The van der Waals surface area contributed by atoms with Crippen molar-refractivity contribution in [3.8, 4) is 0 Å². The van der Waals surface area contributed by atoms with E-state index < -0.39 is 10.0 Å². The number of rotatable bonds is 3. The number of nitrogens with zero attached hydrogens (tertiary/aromatic N) is 2. The molecule has 2 aliphatic heterocycles. The Labute approximate surface area is 214 Å². The quantitative estimate of drug-likeness (QED) is 0.535. The van der Waals surface area contributed by atoms with Gasteiger partial charge in [0.25, 0.3) is 0 Å². The Morgan fingerprint density at radius 1 is 1.11 bits per heavy atom. The van der Waals surface area contributed by atoms with Gasteiger partial charge in [-0.2, -0.15) is 0 Å². The molecule has 1 aromatic heterocycles. The Kier molecular flexibility index (Phi) is 4.83. The monoisotopic (exact) mass is 504 g/mol. The molecule has 2 saturated carbocycles. The number of aromatic nitrogens is 1. The Bertz CT molecular complexity index is 1430. The number of allylic oxidation sites excluding steroid dienone is 1. The molecule has 3 fully saturated rings. The van der Waals surface area contributed by atoms with E-state index in [1.807, 2.05) is 12.4 Å². The molecule has 6 heteroatoms. The summed E-state index contributed by atoms with van der Waals surface area (Å²) >= 11 is 0. The molecule has 5 nitrogen and oxygen atoms in total. The lowest BCUT2D eigenvalue weighted by atomic mass is 9.58. The van der Waals surface area contributed by atoms with E-state index in [2.05, 4.69) is 48.3 Å². The highest BCUT2D eigenvalue weighted by molar-refractivity contribution is 7.88. The molecule has 0 N–H and O–H groups in total. The largest absolute Gasteiger partial charge is 0.359 e. The Hall–Kier alpha value is -2.02. The summed E-state index contributed by atoms with van der Waals surface area (Å²) in [4.78, 5) is 4.36. The Balaban J connectivity index is 1.25. The summed E-state index contributed by atoms with van der Waals surface area (Å²) in [6, 6.07) is 9.04. The van der Waals surface area contributed by atoms with E-state index >= 15 is 0 Å². The first-order chi connectivity index (χ1) is 17.1. The Morgan fingerprint density at radius 3 is 2.81 bits per heavy atom. The first-order valence-corrected chi connectivity index (χ1v) is 15.4. The molecule has 2 spiro atoms. The normalized spacial score (nSPS) is 39.4. The molecule has 36 heavy (non-hydrogen) atoms. The van der Waals surface area contributed by atoms with Crippen LogP contribution in [0.15, 0.2) is 60.0 Å². The van der Waals surface area contributed by atoms with Gasteiger partial charge >= 0.3 is 0 Å². The van der Waals surface area contributed by atoms with Crippen molar-refractivity contribution < 1.29 is 13.2 Å². The average Bonchev–Trinajstić information content (AvgIpc) is 3.37. The molecule has 6 atom stereocenters. The van der Waals surface area contributed by atoms with Crippen LogP contribution in [0.5, 0.6) is 0 Å². The maximum Gasteiger partial charge on any atom is 0.211 e. The number of fused-ring (bicyclic) bond motifs is 2. The minimum Gasteiger partial charge on any atom is -0.359 e. The van der Waals surface area contributed by atoms with Crippen LogP contribution in [0.4, 0.5) is 0 Å². The van der Waals surface area contributed by atoms with Gasteiger partial charge in [-0.1, -0.05) is 31.2 Å². The molecule has 3 aliphatic carbocycles. The maximum atomic E-state index is 12.3. The first kappa shape index (κ1) is 23.1. The lowest BCUT2D eigenvalue weighted by Crippen LogP contribution is -2.55. The zero-order valence-corrected chi connectivity index (χ0v) is 22.4. The number of pyridine rings is 1. The van der Waals surface area contributed by atoms with Gasteiger partial charge in [0.2, 0.25) is 10.0 Å². The van der Waals surface area contributed by atoms with Crippen LogP contribution in [0, 0.1) is 11.3 Å². The number of hydrogen-bond donors (Lipinski definition) is 0. The Morgan fingerprint density at radius 2 is 1.97 bits per heavy atom. The van der Waals surface area contributed by atoms with Crippen LogP contribution >= 0.6 is 0 Å². The van der Waals surface area contributed by atoms with Crippen molar-refractivity contribution in [3.63, 3.8) is 0 Å². The van der Waals surface area contributed by atoms with Gasteiger partial charge in [0.05, 0.1) is 17.5 Å². The van der Waals surface area contributed by atoms with E-state index in [1.165, 1.54) is 46.6 Å². The van der Waals surface area contributed by atoms with E-state index in [9.17, 15) is 8.42 Å². The number of sulfonamides is 1. The summed E-state index contributed by atoms with van der Waals surface area (Å²) in [5.41, 5.74) is 3.86. The number of benzene rings is 1. The van der Waals surface area contributed by atoms with Gasteiger partial charge in [-0.25, -0.2) is 12.7 Å². The molecule has 5 aliphatic rings. The van der Waals surface area contributed by atoms with Crippen molar-refractivity contribution in [2.75, 3.05) is 13.3 Å². The SMILES string of the molecule is CN([C@@H]1CCC2=CC3=CC[C@@]4(C)C(CC[C@@H]4c4ccc5ccncc5c4)[C@@]34CC[C@]2(C1)O4)S(C)(=O)=O. The van der Waals surface area contributed by atoms with Crippen LogP contribution in [0.25, 0.3) is 10.8 Å². The van der Waals surface area contributed by atoms with E-state index in [4.69, 9.17) is 4.74 Å². The zero-order valence-electron chi connectivity index (χ0n) is 21.5. The summed E-state index contributed by atoms with van der Waals surface area (Å²) in [5.74, 6) is 0.977. The molecule has 7 rings (SSSR count). The lowest BCUT2D eigenvalue weighted by molar-refractivity contribution is -0.138. The summed E-state index contributed by atoms with van der Waals surface area (Å²) in [5, 5.41) is 2.46. The third-order valence-corrected chi connectivity index (χ3v) is 12.1. The molecule has 2 aromatic rings. The molecular weight excluding hydrogens is 468 g/mol. The minimum atomic E-state index is -3.22. The standard InChI is InChI=1S/C30H36N2O3S/c1-28-12-10-24-17-23-6-7-25(32(2)36(3,33)34)18-29(23)13-14-30(24,35-29)27(28)9-8-26(28)21-5-4-20-11-15-31-19-22(20)16-21/h4-5,10-11,15-17,19,25-27H,6-9,12-14,18H2,1-3H3/t25-,26-,27?,28-,29-,30-/m1/s1. The van der Waals surface area contributed by atoms with Crippen molar-refractivity contribution in [2.45, 2.75) is 81.5 Å². The topological polar surface area (TPSA) is 59.5 Å². The third-order valence-electron chi connectivity index (χ3n) is 10.8. The molecule has 1 saturated heterocycles. The van der Waals surface area contributed by atoms with Gasteiger partial charge < -0.3 is 4.74 Å². The summed E-state index contributed by atoms with van der Waals surface area (Å²) in [7, 11) is -1.48. The predicted molar refractivity (Wildman–Crippen MR) is 142 cm³/mol. The summed E-state index contributed by atoms with van der Waals surface area (Å²) in [6.07, 6.45) is 18.2. The second-order valence-corrected chi connectivity index (χ2v) is 14.4. The third kappa shape index (κ3) is 3.07. The molecule has 1 unspecified atom stereocenters. The van der Waals surface area contributed by atoms with Crippen molar-refractivity contribution in [2.24, 2.45) is 11.3 Å². The highest BCUT2D eigenvalue weighted by Crippen LogP contribution is 2.69. The van der Waals surface area contributed by atoms with Gasteiger partial charge in [-0.3, -0.25) is 4.98 Å². The lowest BCUT2D eigenvalue weighted by Gasteiger charge is -2.54. The van der Waals surface area contributed by atoms with Gasteiger partial charge in [0, 0.05) is 30.9 Å². The first-order valence-electron chi connectivity index (χ1n) is 13.5. The van der Waals surface area contributed by atoms with E-state index in [0.29, 0.717) is 11.8 Å². The molecule has 1 aromatic carbocycles. The van der Waals surface area contributed by atoms with Crippen LogP contribution in [0.2, 0.25) is 0 Å². The fourth-order valence-electron chi connectivity index (χ4n) is 8.83. The fourth-order valence-corrected chi connectivity index (χ4v) is 9.55. The summed E-state index contributed by atoms with van der Waals surface area (Å²) in [6.45, 7) is 2.50. The van der Waals surface area contributed by atoms with E-state index in [1.54, 1.807) is 11.4 Å². The molecule has 2 bridgehead atoms. The van der Waals surface area contributed by atoms with Gasteiger partial charge in [-0.05, 0) is 103 Å². The number of hydrogen-bond acceptors (Lipinski definition) is 4.